The van der Waals surface area contributed by atoms with E-state index in [1.165, 1.54) is 40.0 Å². The fraction of sp³-hybridized carbons (Fsp3) is 0.0500. The van der Waals surface area contributed by atoms with E-state index in [-0.39, 0.29) is 17.1 Å². The molecule has 0 saturated heterocycles. The van der Waals surface area contributed by atoms with Crippen LogP contribution in [0.3, 0.4) is 0 Å². The second-order valence-electron chi connectivity index (χ2n) is 6.56. The number of fused-ring (bicyclic) bond motifs is 1. The van der Waals surface area contributed by atoms with E-state index in [2.05, 4.69) is 20.4 Å². The SMILES string of the molecule is O=c1c2cnn(-c3ccccc3)c2ncn1Cc1cn(-c2ccc(F)c(Cl)c2)nn1. The van der Waals surface area contributed by atoms with Gasteiger partial charge in [-0.15, -0.1) is 5.10 Å². The molecule has 0 atom stereocenters. The largest absolute Gasteiger partial charge is 0.292 e. The molecule has 0 spiro atoms. The molecule has 148 valence electrons. The van der Waals surface area contributed by atoms with Crippen molar-refractivity contribution in [1.82, 2.24) is 34.3 Å². The molecule has 5 aromatic rings. The molecule has 10 heteroatoms. The first kappa shape index (κ1) is 18.2. The normalized spacial score (nSPS) is 11.3. The standard InChI is InChI=1S/C20H13ClFN7O/c21-17-8-15(6-7-18(17)22)28-11-13(25-26-28)10-27-12-23-19-16(20(27)30)9-24-29(19)14-4-2-1-3-5-14/h1-9,11-12H,10H2. The van der Waals surface area contributed by atoms with Gasteiger partial charge in [-0.3, -0.25) is 9.36 Å². The second kappa shape index (κ2) is 7.20. The first-order chi connectivity index (χ1) is 14.6. The van der Waals surface area contributed by atoms with E-state index < -0.39 is 5.82 Å². The third-order valence-corrected chi connectivity index (χ3v) is 4.89. The van der Waals surface area contributed by atoms with Crippen LogP contribution in [0.1, 0.15) is 5.69 Å². The van der Waals surface area contributed by atoms with E-state index in [1.807, 2.05) is 30.3 Å². The van der Waals surface area contributed by atoms with Gasteiger partial charge < -0.3 is 0 Å². The Balaban J connectivity index is 1.46. The zero-order valence-corrected chi connectivity index (χ0v) is 16.1. The highest BCUT2D eigenvalue weighted by Crippen LogP contribution is 2.18. The van der Waals surface area contributed by atoms with Gasteiger partial charge in [0.2, 0.25) is 0 Å². The van der Waals surface area contributed by atoms with Gasteiger partial charge in [-0.1, -0.05) is 35.0 Å². The van der Waals surface area contributed by atoms with Crippen LogP contribution in [-0.4, -0.2) is 34.3 Å². The summed E-state index contributed by atoms with van der Waals surface area (Å²) in [6.07, 6.45) is 4.61. The van der Waals surface area contributed by atoms with E-state index in [0.717, 1.165) is 5.69 Å². The van der Waals surface area contributed by atoms with Crippen LogP contribution in [0.2, 0.25) is 5.02 Å². The summed E-state index contributed by atoms with van der Waals surface area (Å²) < 4.78 is 17.9. The molecule has 5 rings (SSSR count). The molecule has 0 fully saturated rings. The van der Waals surface area contributed by atoms with Gasteiger partial charge in [0, 0.05) is 0 Å². The third kappa shape index (κ3) is 3.15. The molecule has 0 N–H and O–H groups in total. The topological polar surface area (TPSA) is 83.4 Å². The molecule has 0 aliphatic carbocycles. The molecular formula is C20H13ClFN7O. The van der Waals surface area contributed by atoms with Crippen LogP contribution >= 0.6 is 11.6 Å². The van der Waals surface area contributed by atoms with Crippen LogP contribution in [0.5, 0.6) is 0 Å². The van der Waals surface area contributed by atoms with Gasteiger partial charge >= 0.3 is 0 Å². The number of rotatable bonds is 4. The summed E-state index contributed by atoms with van der Waals surface area (Å²) in [5.74, 6) is -0.511. The Bertz CT molecular complexity index is 1420. The molecule has 2 aromatic carbocycles. The quantitative estimate of drug-likeness (QED) is 0.445. The van der Waals surface area contributed by atoms with Crippen molar-refractivity contribution in [1.29, 1.82) is 0 Å². The minimum absolute atomic E-state index is 0.00847. The molecular weight excluding hydrogens is 409 g/mol. The van der Waals surface area contributed by atoms with E-state index in [9.17, 15) is 9.18 Å². The summed E-state index contributed by atoms with van der Waals surface area (Å²) >= 11 is 5.82. The molecule has 30 heavy (non-hydrogen) atoms. The van der Waals surface area contributed by atoms with Crippen molar-refractivity contribution in [2.75, 3.05) is 0 Å². The minimum Gasteiger partial charge on any atom is -0.292 e. The van der Waals surface area contributed by atoms with Crippen molar-refractivity contribution in [3.63, 3.8) is 0 Å². The van der Waals surface area contributed by atoms with Gasteiger partial charge in [0.25, 0.3) is 5.56 Å². The number of hydrogen-bond acceptors (Lipinski definition) is 5. The molecule has 8 nitrogen and oxygen atoms in total. The number of aromatic nitrogens is 7. The second-order valence-corrected chi connectivity index (χ2v) is 6.97. The summed E-state index contributed by atoms with van der Waals surface area (Å²) in [5, 5.41) is 12.8. The predicted molar refractivity (Wildman–Crippen MR) is 109 cm³/mol. The Labute approximate surface area is 173 Å². The lowest BCUT2D eigenvalue weighted by atomic mass is 10.3. The van der Waals surface area contributed by atoms with Crippen molar-refractivity contribution in [3.05, 3.63) is 94.1 Å². The molecule has 3 heterocycles. The summed E-state index contributed by atoms with van der Waals surface area (Å²) in [5.41, 5.74) is 2.16. The summed E-state index contributed by atoms with van der Waals surface area (Å²) in [6, 6.07) is 13.7. The van der Waals surface area contributed by atoms with Crippen molar-refractivity contribution >= 4 is 22.6 Å². The lowest BCUT2D eigenvalue weighted by Crippen LogP contribution is -2.21. The molecule has 0 aliphatic rings. The Morgan fingerprint density at radius 2 is 1.90 bits per heavy atom. The number of nitrogens with zero attached hydrogens (tertiary/aromatic N) is 7. The first-order valence-electron chi connectivity index (χ1n) is 8.95. The molecule has 3 aromatic heterocycles. The minimum atomic E-state index is -0.511. The maximum absolute atomic E-state index is 13.4. The Hall–Kier alpha value is -3.85. The van der Waals surface area contributed by atoms with Gasteiger partial charge in [0.15, 0.2) is 5.65 Å². The highest BCUT2D eigenvalue weighted by atomic mass is 35.5. The lowest BCUT2D eigenvalue weighted by Gasteiger charge is -2.04. The maximum atomic E-state index is 13.4. The van der Waals surface area contributed by atoms with Gasteiger partial charge in [0.1, 0.15) is 23.2 Å². The Morgan fingerprint density at radius 3 is 2.70 bits per heavy atom. The molecule has 0 amide bonds. The van der Waals surface area contributed by atoms with Crippen LogP contribution in [-0.2, 0) is 6.54 Å². The molecule has 0 radical (unpaired) electrons. The van der Waals surface area contributed by atoms with Gasteiger partial charge in [0.05, 0.1) is 35.3 Å². The zero-order valence-electron chi connectivity index (χ0n) is 15.4. The lowest BCUT2D eigenvalue weighted by molar-refractivity contribution is 0.627. The van der Waals surface area contributed by atoms with Gasteiger partial charge in [-0.25, -0.2) is 18.7 Å². The van der Waals surface area contributed by atoms with E-state index >= 15 is 0 Å². The first-order valence-corrected chi connectivity index (χ1v) is 9.33. The van der Waals surface area contributed by atoms with Crippen molar-refractivity contribution < 1.29 is 4.39 Å². The van der Waals surface area contributed by atoms with Crippen LogP contribution in [0.4, 0.5) is 4.39 Å². The molecule has 0 unspecified atom stereocenters. The van der Waals surface area contributed by atoms with E-state index in [1.54, 1.807) is 10.9 Å². The highest BCUT2D eigenvalue weighted by molar-refractivity contribution is 6.30. The van der Waals surface area contributed by atoms with E-state index in [4.69, 9.17) is 11.6 Å². The van der Waals surface area contributed by atoms with Crippen LogP contribution < -0.4 is 5.56 Å². The van der Waals surface area contributed by atoms with Crippen LogP contribution in [0, 0.1) is 5.82 Å². The summed E-state index contributed by atoms with van der Waals surface area (Å²) in [4.78, 5) is 17.3. The number of benzene rings is 2. The molecule has 0 saturated carbocycles. The third-order valence-electron chi connectivity index (χ3n) is 4.60. The van der Waals surface area contributed by atoms with E-state index in [0.29, 0.717) is 22.4 Å². The van der Waals surface area contributed by atoms with Gasteiger partial charge in [-0.05, 0) is 30.3 Å². The van der Waals surface area contributed by atoms with Gasteiger partial charge in [-0.2, -0.15) is 5.10 Å². The van der Waals surface area contributed by atoms with Crippen molar-refractivity contribution in [2.45, 2.75) is 6.54 Å². The van der Waals surface area contributed by atoms with Crippen LogP contribution in [0.15, 0.2) is 72.0 Å². The number of hydrogen-bond donors (Lipinski definition) is 0. The van der Waals surface area contributed by atoms with Crippen LogP contribution in [0.25, 0.3) is 22.4 Å². The van der Waals surface area contributed by atoms with Crippen molar-refractivity contribution in [3.8, 4) is 11.4 Å². The number of para-hydroxylation sites is 1. The summed E-state index contributed by atoms with van der Waals surface area (Å²) in [6.45, 7) is 0.174. The predicted octanol–water partition coefficient (Wildman–Crippen LogP) is 3.00. The zero-order chi connectivity index (χ0) is 20.7. The fourth-order valence-electron chi connectivity index (χ4n) is 3.12. The smallest absolute Gasteiger partial charge is 0.264 e. The fourth-order valence-corrected chi connectivity index (χ4v) is 3.29. The highest BCUT2D eigenvalue weighted by Gasteiger charge is 2.13. The molecule has 0 aliphatic heterocycles. The Kier molecular flexibility index (Phi) is 4.36. The molecule has 0 bridgehead atoms. The Morgan fingerprint density at radius 1 is 1.07 bits per heavy atom. The van der Waals surface area contributed by atoms with Crippen molar-refractivity contribution in [2.24, 2.45) is 0 Å². The average molecular weight is 422 g/mol. The average Bonchev–Trinajstić information content (AvgIpc) is 3.40. The summed E-state index contributed by atoms with van der Waals surface area (Å²) in [7, 11) is 0. The maximum Gasteiger partial charge on any atom is 0.264 e. The monoisotopic (exact) mass is 421 g/mol. The number of halogens is 2.